The second-order valence-electron chi connectivity index (χ2n) is 8.99. The van der Waals surface area contributed by atoms with Crippen LogP contribution in [0.2, 0.25) is 5.02 Å². The fourth-order valence-corrected chi connectivity index (χ4v) is 6.11. The third-order valence-corrected chi connectivity index (χ3v) is 6.71. The van der Waals surface area contributed by atoms with Gasteiger partial charge >= 0.3 is 5.97 Å². The zero-order valence-electron chi connectivity index (χ0n) is 15.5. The van der Waals surface area contributed by atoms with Crippen LogP contribution in [0.1, 0.15) is 51.9 Å². The van der Waals surface area contributed by atoms with Gasteiger partial charge < -0.3 is 15.2 Å². The van der Waals surface area contributed by atoms with E-state index in [1.165, 1.54) is 6.42 Å². The van der Waals surface area contributed by atoms with Crippen molar-refractivity contribution in [2.45, 2.75) is 63.6 Å². The molecule has 1 aromatic rings. The molecule has 4 saturated carbocycles. The molecule has 4 aliphatic carbocycles. The molecule has 5 rings (SSSR count). The van der Waals surface area contributed by atoms with E-state index in [0.29, 0.717) is 35.4 Å². The van der Waals surface area contributed by atoms with Gasteiger partial charge in [0, 0.05) is 10.7 Å². The maximum Gasteiger partial charge on any atom is 0.307 e. The van der Waals surface area contributed by atoms with Crippen LogP contribution in [0.3, 0.4) is 0 Å². The molecule has 0 spiro atoms. The second-order valence-corrected chi connectivity index (χ2v) is 9.43. The molecule has 4 bridgehead atoms. The summed E-state index contributed by atoms with van der Waals surface area (Å²) in [7, 11) is 0. The summed E-state index contributed by atoms with van der Waals surface area (Å²) in [5.41, 5.74) is -0.139. The second kappa shape index (κ2) is 6.78. The van der Waals surface area contributed by atoms with Gasteiger partial charge in [0.1, 0.15) is 0 Å². The van der Waals surface area contributed by atoms with Crippen molar-refractivity contribution in [3.05, 3.63) is 29.3 Å². The summed E-state index contributed by atoms with van der Waals surface area (Å²) in [6, 6.07) is 6.77. The van der Waals surface area contributed by atoms with Crippen LogP contribution in [0, 0.1) is 17.3 Å². The minimum atomic E-state index is -0.870. The largest absolute Gasteiger partial charge is 0.453 e. The van der Waals surface area contributed by atoms with Gasteiger partial charge in [0.05, 0.1) is 12.0 Å². The first kappa shape index (κ1) is 18.8. The lowest BCUT2D eigenvalue weighted by atomic mass is 9.47. The zero-order valence-corrected chi connectivity index (χ0v) is 16.3. The third-order valence-electron chi connectivity index (χ3n) is 6.46. The highest BCUT2D eigenvalue weighted by Gasteiger charge is 2.57. The van der Waals surface area contributed by atoms with E-state index in [2.05, 4.69) is 5.32 Å². The molecule has 0 saturated heterocycles. The van der Waals surface area contributed by atoms with E-state index in [4.69, 9.17) is 16.3 Å². The summed E-state index contributed by atoms with van der Waals surface area (Å²) in [4.78, 5) is 24.8. The summed E-state index contributed by atoms with van der Waals surface area (Å²) in [6.45, 7) is 1.58. The highest BCUT2D eigenvalue weighted by molar-refractivity contribution is 6.30. The Morgan fingerprint density at radius 3 is 2.44 bits per heavy atom. The van der Waals surface area contributed by atoms with E-state index in [-0.39, 0.29) is 17.3 Å². The van der Waals surface area contributed by atoms with Gasteiger partial charge in [0.15, 0.2) is 6.10 Å². The summed E-state index contributed by atoms with van der Waals surface area (Å²) in [5.74, 6) is 0.332. The van der Waals surface area contributed by atoms with Gasteiger partial charge in [0.2, 0.25) is 0 Å². The molecule has 4 aliphatic rings. The number of aliphatic hydroxyl groups is 1. The Morgan fingerprint density at radius 2 is 1.85 bits per heavy atom. The normalized spacial score (nSPS) is 34.9. The lowest BCUT2D eigenvalue weighted by molar-refractivity contribution is -0.179. The van der Waals surface area contributed by atoms with Crippen LogP contribution >= 0.6 is 11.6 Å². The number of esters is 1. The van der Waals surface area contributed by atoms with Crippen molar-refractivity contribution in [1.29, 1.82) is 0 Å². The van der Waals surface area contributed by atoms with E-state index >= 15 is 0 Å². The molecule has 1 amide bonds. The average Bonchev–Trinajstić information content (AvgIpc) is 2.53. The first-order valence-corrected chi connectivity index (χ1v) is 10.1. The fourth-order valence-electron chi connectivity index (χ4n) is 5.98. The highest BCUT2D eigenvalue weighted by atomic mass is 35.5. The van der Waals surface area contributed by atoms with Crippen molar-refractivity contribution in [3.63, 3.8) is 0 Å². The molecule has 0 radical (unpaired) electrons. The van der Waals surface area contributed by atoms with Crippen LogP contribution in [-0.4, -0.2) is 28.7 Å². The molecule has 6 heteroatoms. The Balaban J connectivity index is 1.34. The quantitative estimate of drug-likeness (QED) is 0.745. The smallest absolute Gasteiger partial charge is 0.307 e. The van der Waals surface area contributed by atoms with Crippen LogP contribution in [-0.2, 0) is 14.3 Å². The van der Waals surface area contributed by atoms with Crippen molar-refractivity contribution in [3.8, 4) is 0 Å². The van der Waals surface area contributed by atoms with Crippen molar-refractivity contribution < 1.29 is 19.4 Å². The van der Waals surface area contributed by atoms with Gasteiger partial charge in [-0.05, 0) is 87.0 Å². The molecular weight excluding hydrogens is 366 g/mol. The monoisotopic (exact) mass is 391 g/mol. The number of nitrogens with one attached hydrogen (secondary N) is 1. The van der Waals surface area contributed by atoms with Crippen LogP contribution < -0.4 is 5.32 Å². The zero-order chi connectivity index (χ0) is 19.2. The van der Waals surface area contributed by atoms with Gasteiger partial charge in [-0.3, -0.25) is 9.59 Å². The summed E-state index contributed by atoms with van der Waals surface area (Å²) in [6.07, 6.45) is 5.02. The fraction of sp³-hybridized carbons (Fsp3) is 0.619. The average molecular weight is 392 g/mol. The molecule has 27 heavy (non-hydrogen) atoms. The maximum atomic E-state index is 12.5. The molecule has 2 unspecified atom stereocenters. The molecule has 0 heterocycles. The van der Waals surface area contributed by atoms with E-state index in [1.807, 2.05) is 0 Å². The van der Waals surface area contributed by atoms with Crippen molar-refractivity contribution in [2.24, 2.45) is 17.3 Å². The topological polar surface area (TPSA) is 75.6 Å². The first-order valence-electron chi connectivity index (χ1n) is 9.73. The van der Waals surface area contributed by atoms with E-state index < -0.39 is 11.7 Å². The van der Waals surface area contributed by atoms with Gasteiger partial charge in [-0.1, -0.05) is 11.6 Å². The molecule has 0 aromatic heterocycles. The number of anilines is 1. The maximum absolute atomic E-state index is 12.5. The van der Waals surface area contributed by atoms with E-state index in [9.17, 15) is 14.7 Å². The van der Waals surface area contributed by atoms with Crippen molar-refractivity contribution in [1.82, 2.24) is 0 Å². The molecule has 4 fully saturated rings. The van der Waals surface area contributed by atoms with Gasteiger partial charge in [0.25, 0.3) is 5.91 Å². The number of carbonyl (C=O) groups is 2. The van der Waals surface area contributed by atoms with E-state index in [0.717, 1.165) is 25.7 Å². The number of hydrogen-bond acceptors (Lipinski definition) is 4. The Morgan fingerprint density at radius 1 is 1.22 bits per heavy atom. The molecular formula is C21H26ClNO4. The van der Waals surface area contributed by atoms with Crippen molar-refractivity contribution >= 4 is 29.2 Å². The van der Waals surface area contributed by atoms with Crippen LogP contribution in [0.25, 0.3) is 0 Å². The van der Waals surface area contributed by atoms with Crippen LogP contribution in [0.5, 0.6) is 0 Å². The standard InChI is InChI=1S/C21H26ClNO4/c1-13(19(25)23-17-4-2-16(22)3-5-17)27-18(24)11-20-7-14-6-15(8-20)10-21(26,9-14)12-20/h2-5,13-15,26H,6-12H2,1H3,(H,23,25)/t13-,14-,15+,20?,21?/m0/s1. The first-order chi connectivity index (χ1) is 12.7. The highest BCUT2D eigenvalue weighted by Crippen LogP contribution is 2.62. The molecule has 146 valence electrons. The number of rotatable bonds is 5. The van der Waals surface area contributed by atoms with Gasteiger partial charge in [-0.2, -0.15) is 0 Å². The van der Waals surface area contributed by atoms with Crippen LogP contribution in [0.4, 0.5) is 5.69 Å². The number of halogens is 1. The number of carbonyl (C=O) groups excluding carboxylic acids is 2. The Bertz CT molecular complexity index is 733. The SMILES string of the molecule is C[C@H](OC(=O)CC12C[C@@H]3C[C@@H](CC(O)(C3)C1)C2)C(=O)Nc1ccc(Cl)cc1. The minimum absolute atomic E-state index is 0.151. The summed E-state index contributed by atoms with van der Waals surface area (Å²) in [5, 5.41) is 14.1. The predicted molar refractivity (Wildman–Crippen MR) is 102 cm³/mol. The van der Waals surface area contributed by atoms with Crippen LogP contribution in [0.15, 0.2) is 24.3 Å². The molecule has 0 aliphatic heterocycles. The lowest BCUT2D eigenvalue weighted by Gasteiger charge is -2.60. The molecule has 5 nitrogen and oxygen atoms in total. The summed E-state index contributed by atoms with van der Waals surface area (Å²) >= 11 is 5.84. The predicted octanol–water partition coefficient (Wildman–Crippen LogP) is 3.93. The number of amides is 1. The van der Waals surface area contributed by atoms with Gasteiger partial charge in [-0.25, -0.2) is 0 Å². The Labute approximate surface area is 164 Å². The van der Waals surface area contributed by atoms with Gasteiger partial charge in [-0.15, -0.1) is 0 Å². The number of benzene rings is 1. The Kier molecular flexibility index (Phi) is 4.71. The molecule has 2 N–H and O–H groups in total. The lowest BCUT2D eigenvalue weighted by Crippen LogP contribution is -2.56. The van der Waals surface area contributed by atoms with E-state index in [1.54, 1.807) is 31.2 Å². The van der Waals surface area contributed by atoms with Crippen molar-refractivity contribution in [2.75, 3.05) is 5.32 Å². The molecule has 5 atom stereocenters. The Hall–Kier alpha value is -1.59. The number of hydrogen-bond donors (Lipinski definition) is 2. The third kappa shape index (κ3) is 3.99. The summed E-state index contributed by atoms with van der Waals surface area (Å²) < 4.78 is 5.42. The number of ether oxygens (including phenoxy) is 1. The molecule has 1 aromatic carbocycles. The minimum Gasteiger partial charge on any atom is -0.453 e.